The Morgan fingerprint density at radius 3 is 2.11 bits per heavy atom. The van der Waals surface area contributed by atoms with Crippen molar-refractivity contribution in [1.29, 1.82) is 0 Å². The van der Waals surface area contributed by atoms with E-state index in [0.29, 0.717) is 0 Å². The van der Waals surface area contributed by atoms with Gasteiger partial charge in [-0.2, -0.15) is 0 Å². The number of nitrogens with one attached hydrogen (secondary N) is 1. The van der Waals surface area contributed by atoms with Crippen molar-refractivity contribution >= 4 is 17.9 Å². The molecule has 1 aromatic rings. The van der Waals surface area contributed by atoms with Gasteiger partial charge in [0.1, 0.15) is 18.0 Å². The van der Waals surface area contributed by atoms with Gasteiger partial charge < -0.3 is 19.5 Å². The van der Waals surface area contributed by atoms with Gasteiger partial charge in [-0.15, -0.1) is 0 Å². The SMILES string of the molecule is CC(C)(C)OC(=O)N[C@H](COC(=O)Oc1ccc([N+](=O)[O-])cc1)C(C)(C)C. The second kappa shape index (κ2) is 8.70. The van der Waals surface area contributed by atoms with Crippen LogP contribution in [-0.2, 0) is 9.47 Å². The lowest BCUT2D eigenvalue weighted by molar-refractivity contribution is -0.384. The van der Waals surface area contributed by atoms with Crippen molar-refractivity contribution in [3.63, 3.8) is 0 Å². The molecule has 0 aromatic heterocycles. The lowest BCUT2D eigenvalue weighted by Gasteiger charge is -2.31. The molecule has 1 rings (SSSR count). The van der Waals surface area contributed by atoms with E-state index in [9.17, 15) is 19.7 Å². The Morgan fingerprint density at radius 1 is 1.11 bits per heavy atom. The summed E-state index contributed by atoms with van der Waals surface area (Å²) in [6, 6.07) is 4.49. The van der Waals surface area contributed by atoms with Crippen LogP contribution in [0.4, 0.5) is 15.3 Å². The summed E-state index contributed by atoms with van der Waals surface area (Å²) in [4.78, 5) is 33.9. The molecule has 0 aliphatic carbocycles. The zero-order valence-electron chi connectivity index (χ0n) is 16.4. The van der Waals surface area contributed by atoms with Crippen LogP contribution in [0.1, 0.15) is 41.5 Å². The number of nitro benzene ring substituents is 1. The Balaban J connectivity index is 2.62. The molecule has 1 atom stereocenters. The fourth-order valence-electron chi connectivity index (χ4n) is 1.87. The lowest BCUT2D eigenvalue weighted by Crippen LogP contribution is -2.48. The fraction of sp³-hybridized carbons (Fsp3) is 0.556. The maximum Gasteiger partial charge on any atom is 0.513 e. The molecular weight excluding hydrogens is 356 g/mol. The number of nitro groups is 1. The normalized spacial score (nSPS) is 12.7. The van der Waals surface area contributed by atoms with Gasteiger partial charge in [0.25, 0.3) is 5.69 Å². The smallest absolute Gasteiger partial charge is 0.444 e. The summed E-state index contributed by atoms with van der Waals surface area (Å²) in [7, 11) is 0. The van der Waals surface area contributed by atoms with E-state index in [0.717, 1.165) is 0 Å². The van der Waals surface area contributed by atoms with E-state index in [-0.39, 0.29) is 18.0 Å². The van der Waals surface area contributed by atoms with Gasteiger partial charge in [-0.1, -0.05) is 20.8 Å². The molecule has 0 radical (unpaired) electrons. The Kier molecular flexibility index (Phi) is 7.15. The quantitative estimate of drug-likeness (QED) is 0.353. The van der Waals surface area contributed by atoms with E-state index in [1.165, 1.54) is 24.3 Å². The van der Waals surface area contributed by atoms with E-state index in [1.54, 1.807) is 20.8 Å². The summed E-state index contributed by atoms with van der Waals surface area (Å²) in [5, 5.41) is 13.3. The number of ether oxygens (including phenoxy) is 3. The molecule has 9 nitrogen and oxygen atoms in total. The minimum Gasteiger partial charge on any atom is -0.444 e. The van der Waals surface area contributed by atoms with Crippen molar-refractivity contribution in [2.45, 2.75) is 53.2 Å². The van der Waals surface area contributed by atoms with E-state index >= 15 is 0 Å². The third-order valence-corrected chi connectivity index (χ3v) is 3.35. The number of non-ortho nitro benzene ring substituents is 1. The van der Waals surface area contributed by atoms with Crippen LogP contribution in [0.15, 0.2) is 24.3 Å². The molecular formula is C18H26N2O7. The molecule has 9 heteroatoms. The maximum atomic E-state index is 12.0. The third kappa shape index (κ3) is 8.39. The highest BCUT2D eigenvalue weighted by Gasteiger charge is 2.30. The molecule has 0 unspecified atom stereocenters. The van der Waals surface area contributed by atoms with Gasteiger partial charge >= 0.3 is 12.2 Å². The molecule has 150 valence electrons. The van der Waals surface area contributed by atoms with Crippen LogP contribution in [0, 0.1) is 15.5 Å². The highest BCUT2D eigenvalue weighted by molar-refractivity contribution is 5.68. The van der Waals surface area contributed by atoms with Crippen LogP contribution in [0.25, 0.3) is 0 Å². The molecule has 1 aromatic carbocycles. The highest BCUT2D eigenvalue weighted by atomic mass is 16.7. The average molecular weight is 382 g/mol. The zero-order valence-corrected chi connectivity index (χ0v) is 16.4. The number of hydrogen-bond donors (Lipinski definition) is 1. The van der Waals surface area contributed by atoms with Crippen molar-refractivity contribution in [3.8, 4) is 5.75 Å². The molecule has 0 bridgehead atoms. The number of carbonyl (C=O) groups is 2. The van der Waals surface area contributed by atoms with Gasteiger partial charge in [-0.05, 0) is 38.3 Å². The summed E-state index contributed by atoms with van der Waals surface area (Å²) in [6.07, 6.45) is -1.60. The van der Waals surface area contributed by atoms with E-state index < -0.39 is 34.2 Å². The van der Waals surface area contributed by atoms with Gasteiger partial charge in [-0.3, -0.25) is 10.1 Å². The number of rotatable bonds is 5. The predicted molar refractivity (Wildman–Crippen MR) is 97.7 cm³/mol. The molecule has 0 aliphatic heterocycles. The molecule has 1 amide bonds. The van der Waals surface area contributed by atoms with Gasteiger partial charge in [0.15, 0.2) is 0 Å². The largest absolute Gasteiger partial charge is 0.513 e. The second-order valence-electron chi connectivity index (χ2n) is 7.98. The summed E-state index contributed by atoms with van der Waals surface area (Å²) in [6.45, 7) is 10.7. The molecule has 0 heterocycles. The summed E-state index contributed by atoms with van der Waals surface area (Å²) in [5.41, 5.74) is -1.18. The van der Waals surface area contributed by atoms with Crippen molar-refractivity contribution in [2.75, 3.05) is 6.61 Å². The Morgan fingerprint density at radius 2 is 1.67 bits per heavy atom. The van der Waals surface area contributed by atoms with Gasteiger partial charge in [0.2, 0.25) is 0 Å². The van der Waals surface area contributed by atoms with Crippen LogP contribution >= 0.6 is 0 Å². The van der Waals surface area contributed by atoms with Crippen LogP contribution in [0.3, 0.4) is 0 Å². The van der Waals surface area contributed by atoms with Gasteiger partial charge in [-0.25, -0.2) is 9.59 Å². The Hall–Kier alpha value is -2.84. The first kappa shape index (κ1) is 22.2. The minimum absolute atomic E-state index is 0.109. The van der Waals surface area contributed by atoms with Crippen molar-refractivity contribution in [3.05, 3.63) is 34.4 Å². The average Bonchev–Trinajstić information content (AvgIpc) is 2.49. The van der Waals surface area contributed by atoms with E-state index in [4.69, 9.17) is 14.2 Å². The van der Waals surface area contributed by atoms with Crippen molar-refractivity contribution in [2.24, 2.45) is 5.41 Å². The molecule has 1 N–H and O–H groups in total. The van der Waals surface area contributed by atoms with Gasteiger partial charge in [0.05, 0.1) is 11.0 Å². The number of carbonyl (C=O) groups excluding carboxylic acids is 2. The Labute approximate surface area is 158 Å². The number of amides is 1. The standard InChI is InChI=1S/C18H26N2O7/c1-17(2,3)14(19-15(21)27-18(4,5)6)11-25-16(22)26-13-9-7-12(8-10-13)20(23)24/h7-10,14H,11H2,1-6H3,(H,19,21)/t14-/m1/s1. The topological polar surface area (TPSA) is 117 Å². The number of hydrogen-bond acceptors (Lipinski definition) is 7. The Bertz CT molecular complexity index is 672. The molecule has 0 spiro atoms. The fourth-order valence-corrected chi connectivity index (χ4v) is 1.87. The van der Waals surface area contributed by atoms with Crippen LogP contribution in [-0.4, -0.2) is 35.4 Å². The van der Waals surface area contributed by atoms with Crippen molar-refractivity contribution < 1.29 is 28.7 Å². The van der Waals surface area contributed by atoms with Gasteiger partial charge in [0, 0.05) is 12.1 Å². The monoisotopic (exact) mass is 382 g/mol. The zero-order chi connectivity index (χ0) is 20.8. The predicted octanol–water partition coefficient (Wildman–Crippen LogP) is 4.05. The second-order valence-corrected chi connectivity index (χ2v) is 7.98. The first-order valence-electron chi connectivity index (χ1n) is 8.36. The first-order valence-corrected chi connectivity index (χ1v) is 8.36. The summed E-state index contributed by atoms with van der Waals surface area (Å²) < 4.78 is 15.3. The molecule has 0 fully saturated rings. The van der Waals surface area contributed by atoms with E-state index in [2.05, 4.69) is 5.32 Å². The molecule has 0 saturated carbocycles. The summed E-state index contributed by atoms with van der Waals surface area (Å²) >= 11 is 0. The first-order chi connectivity index (χ1) is 12.3. The number of nitrogens with zero attached hydrogens (tertiary/aromatic N) is 1. The lowest BCUT2D eigenvalue weighted by atomic mass is 9.87. The number of benzene rings is 1. The maximum absolute atomic E-state index is 12.0. The molecule has 0 saturated heterocycles. The van der Waals surface area contributed by atoms with Crippen LogP contribution in [0.5, 0.6) is 5.75 Å². The number of alkyl carbamates (subject to hydrolysis) is 1. The van der Waals surface area contributed by atoms with Crippen LogP contribution < -0.4 is 10.1 Å². The third-order valence-electron chi connectivity index (χ3n) is 3.35. The molecule has 0 aliphatic rings. The van der Waals surface area contributed by atoms with E-state index in [1.807, 2.05) is 20.8 Å². The van der Waals surface area contributed by atoms with Crippen molar-refractivity contribution in [1.82, 2.24) is 5.32 Å². The van der Waals surface area contributed by atoms with Crippen LogP contribution in [0.2, 0.25) is 0 Å². The summed E-state index contributed by atoms with van der Waals surface area (Å²) in [5.74, 6) is 0.109. The minimum atomic E-state index is -0.982. The molecule has 27 heavy (non-hydrogen) atoms. The highest BCUT2D eigenvalue weighted by Crippen LogP contribution is 2.21.